The summed E-state index contributed by atoms with van der Waals surface area (Å²) < 4.78 is 17.3. The van der Waals surface area contributed by atoms with Gasteiger partial charge in [0.15, 0.2) is 28.8 Å². The third-order valence-electron chi connectivity index (χ3n) is 4.40. The highest BCUT2D eigenvalue weighted by Crippen LogP contribution is 2.27. The molecule has 8 heteroatoms. The predicted octanol–water partition coefficient (Wildman–Crippen LogP) is 2.41. The zero-order valence-corrected chi connectivity index (χ0v) is 17.5. The van der Waals surface area contributed by atoms with Crippen molar-refractivity contribution in [3.63, 3.8) is 0 Å². The Bertz CT molecular complexity index is 1160. The molecule has 1 aromatic carbocycles. The summed E-state index contributed by atoms with van der Waals surface area (Å²) >= 11 is 0. The number of hydrogen-bond donors (Lipinski definition) is 2. The van der Waals surface area contributed by atoms with Gasteiger partial charge in [0.25, 0.3) is 5.91 Å². The van der Waals surface area contributed by atoms with Crippen LogP contribution in [0.25, 0.3) is 0 Å². The average molecular weight is 418 g/mol. The number of nitrogens with zero attached hydrogens (tertiary/aromatic N) is 2. The summed E-state index contributed by atoms with van der Waals surface area (Å²) in [6.45, 7) is 0.545. The second-order valence-corrected chi connectivity index (χ2v) is 6.38. The Morgan fingerprint density at radius 1 is 1.23 bits per heavy atom. The van der Waals surface area contributed by atoms with Gasteiger partial charge in [-0.05, 0) is 30.2 Å². The maximum atomic E-state index is 12.6. The standard InChI is InChI=1S/C23H22N4O4/c1-5-11-24-23(28)21-22(25-14-17-10-12-31-15-17)26-20(27(21)2)9-7-16-6-8-18(29-3)19(13-16)30-4/h1,6,8,10,12-13,15,25H,11,14H2,2-4H3,(H,24,28). The molecule has 0 aliphatic heterocycles. The zero-order chi connectivity index (χ0) is 22.2. The molecule has 0 saturated heterocycles. The molecule has 158 valence electrons. The van der Waals surface area contributed by atoms with Crippen LogP contribution in [0, 0.1) is 24.2 Å². The Balaban J connectivity index is 1.93. The van der Waals surface area contributed by atoms with E-state index in [2.05, 4.69) is 33.4 Å². The molecule has 2 aromatic heterocycles. The number of terminal acetylenes is 1. The minimum atomic E-state index is -0.346. The summed E-state index contributed by atoms with van der Waals surface area (Å²) in [6.07, 6.45) is 8.46. The van der Waals surface area contributed by atoms with Crippen LogP contribution in [0.1, 0.15) is 27.4 Å². The van der Waals surface area contributed by atoms with Crippen molar-refractivity contribution in [3.8, 4) is 35.7 Å². The van der Waals surface area contributed by atoms with Crippen LogP contribution in [0.3, 0.4) is 0 Å². The van der Waals surface area contributed by atoms with Gasteiger partial charge in [-0.15, -0.1) is 6.42 Å². The van der Waals surface area contributed by atoms with Gasteiger partial charge in [0.2, 0.25) is 0 Å². The number of carbonyl (C=O) groups excluding carboxylic acids is 1. The van der Waals surface area contributed by atoms with Crippen LogP contribution in [0.2, 0.25) is 0 Å². The summed E-state index contributed by atoms with van der Waals surface area (Å²) in [5, 5.41) is 5.82. The molecule has 0 aliphatic rings. The molecule has 1 amide bonds. The normalized spacial score (nSPS) is 9.87. The number of amides is 1. The first-order valence-corrected chi connectivity index (χ1v) is 9.34. The molecule has 8 nitrogen and oxygen atoms in total. The van der Waals surface area contributed by atoms with Crippen molar-refractivity contribution in [2.45, 2.75) is 6.54 Å². The fourth-order valence-corrected chi connectivity index (χ4v) is 2.83. The van der Waals surface area contributed by atoms with E-state index in [1.165, 1.54) is 0 Å². The van der Waals surface area contributed by atoms with Gasteiger partial charge in [0.05, 0.1) is 33.3 Å². The van der Waals surface area contributed by atoms with Crippen molar-refractivity contribution < 1.29 is 18.7 Å². The summed E-state index contributed by atoms with van der Waals surface area (Å²) in [7, 11) is 4.86. The molecule has 0 fully saturated rings. The number of aromatic nitrogens is 2. The molecule has 0 unspecified atom stereocenters. The molecular formula is C23H22N4O4. The number of nitrogens with one attached hydrogen (secondary N) is 2. The number of imidazole rings is 1. The van der Waals surface area contributed by atoms with E-state index in [0.29, 0.717) is 40.9 Å². The number of rotatable bonds is 7. The van der Waals surface area contributed by atoms with Crippen LogP contribution < -0.4 is 20.1 Å². The van der Waals surface area contributed by atoms with Gasteiger partial charge in [-0.1, -0.05) is 11.8 Å². The Hall–Kier alpha value is -4.30. The molecule has 0 aliphatic carbocycles. The summed E-state index contributed by atoms with van der Waals surface area (Å²) in [6, 6.07) is 7.19. The monoisotopic (exact) mass is 418 g/mol. The lowest BCUT2D eigenvalue weighted by atomic mass is 10.2. The molecule has 2 N–H and O–H groups in total. The number of ether oxygens (including phenoxy) is 2. The van der Waals surface area contributed by atoms with Crippen molar-refractivity contribution in [3.05, 3.63) is 59.4 Å². The Labute approximate surface area is 180 Å². The van der Waals surface area contributed by atoms with Crippen molar-refractivity contribution in [2.24, 2.45) is 7.05 Å². The minimum absolute atomic E-state index is 0.109. The highest BCUT2D eigenvalue weighted by molar-refractivity contribution is 5.97. The van der Waals surface area contributed by atoms with E-state index in [1.807, 2.05) is 12.1 Å². The molecule has 31 heavy (non-hydrogen) atoms. The maximum Gasteiger partial charge on any atom is 0.272 e. The predicted molar refractivity (Wildman–Crippen MR) is 116 cm³/mol. The van der Waals surface area contributed by atoms with Crippen LogP contribution in [-0.4, -0.2) is 36.2 Å². The molecule has 0 atom stereocenters. The Morgan fingerprint density at radius 2 is 2.03 bits per heavy atom. The quantitative estimate of drug-likeness (QED) is 0.573. The van der Waals surface area contributed by atoms with E-state index in [-0.39, 0.29) is 12.5 Å². The number of benzene rings is 1. The molecule has 0 bridgehead atoms. The minimum Gasteiger partial charge on any atom is -0.493 e. The fourth-order valence-electron chi connectivity index (χ4n) is 2.83. The summed E-state index contributed by atoms with van der Waals surface area (Å²) in [5.41, 5.74) is 1.96. The van der Waals surface area contributed by atoms with Gasteiger partial charge in [-0.25, -0.2) is 4.98 Å². The molecule has 0 radical (unpaired) electrons. The number of anilines is 1. The summed E-state index contributed by atoms with van der Waals surface area (Å²) in [5.74, 6) is 10.1. The van der Waals surface area contributed by atoms with Gasteiger partial charge < -0.3 is 29.1 Å². The van der Waals surface area contributed by atoms with Gasteiger partial charge >= 0.3 is 0 Å². The van der Waals surface area contributed by atoms with E-state index in [9.17, 15) is 4.79 Å². The van der Waals surface area contributed by atoms with Crippen LogP contribution >= 0.6 is 0 Å². The first-order chi connectivity index (χ1) is 15.1. The second kappa shape index (κ2) is 9.95. The molecule has 0 saturated carbocycles. The van der Waals surface area contributed by atoms with Gasteiger partial charge in [0.1, 0.15) is 0 Å². The Morgan fingerprint density at radius 3 is 2.71 bits per heavy atom. The Kier molecular flexibility index (Phi) is 6.87. The van der Waals surface area contributed by atoms with E-state index in [4.69, 9.17) is 20.3 Å². The molecular weight excluding hydrogens is 396 g/mol. The highest BCUT2D eigenvalue weighted by Gasteiger charge is 2.20. The lowest BCUT2D eigenvalue weighted by molar-refractivity contribution is 0.0951. The number of methoxy groups -OCH3 is 2. The zero-order valence-electron chi connectivity index (χ0n) is 17.5. The number of carbonyl (C=O) groups is 1. The largest absolute Gasteiger partial charge is 0.493 e. The van der Waals surface area contributed by atoms with E-state index in [0.717, 1.165) is 5.56 Å². The second-order valence-electron chi connectivity index (χ2n) is 6.38. The third-order valence-corrected chi connectivity index (χ3v) is 4.40. The van der Waals surface area contributed by atoms with Crippen molar-refractivity contribution in [1.82, 2.24) is 14.9 Å². The van der Waals surface area contributed by atoms with Crippen LogP contribution in [-0.2, 0) is 13.6 Å². The van der Waals surface area contributed by atoms with E-state index < -0.39 is 0 Å². The van der Waals surface area contributed by atoms with E-state index >= 15 is 0 Å². The summed E-state index contributed by atoms with van der Waals surface area (Å²) in [4.78, 5) is 17.2. The maximum absolute atomic E-state index is 12.6. The fraction of sp³-hybridized carbons (Fsp3) is 0.217. The SMILES string of the molecule is C#CCNC(=O)c1c(NCc2ccoc2)nc(C#Cc2ccc(OC)c(OC)c2)n1C. The lowest BCUT2D eigenvalue weighted by Gasteiger charge is -2.07. The first kappa shape index (κ1) is 21.4. The van der Waals surface area contributed by atoms with Crippen LogP contribution in [0.15, 0.2) is 41.2 Å². The van der Waals surface area contributed by atoms with Gasteiger partial charge in [-0.3, -0.25) is 4.79 Å². The van der Waals surface area contributed by atoms with Crippen molar-refractivity contribution in [1.29, 1.82) is 0 Å². The van der Waals surface area contributed by atoms with Gasteiger partial charge in [0, 0.05) is 24.7 Å². The van der Waals surface area contributed by atoms with Crippen LogP contribution in [0.4, 0.5) is 5.82 Å². The lowest BCUT2D eigenvalue weighted by Crippen LogP contribution is -2.26. The average Bonchev–Trinajstić information content (AvgIpc) is 3.42. The van der Waals surface area contributed by atoms with Crippen molar-refractivity contribution >= 4 is 11.7 Å². The smallest absolute Gasteiger partial charge is 0.272 e. The topological polar surface area (TPSA) is 90.6 Å². The van der Waals surface area contributed by atoms with Crippen molar-refractivity contribution in [2.75, 3.05) is 26.1 Å². The van der Waals surface area contributed by atoms with Gasteiger partial charge in [-0.2, -0.15) is 0 Å². The molecule has 3 aromatic rings. The number of furan rings is 1. The molecule has 0 spiro atoms. The number of hydrogen-bond acceptors (Lipinski definition) is 6. The van der Waals surface area contributed by atoms with Crippen LogP contribution in [0.5, 0.6) is 11.5 Å². The highest BCUT2D eigenvalue weighted by atomic mass is 16.5. The third kappa shape index (κ3) is 5.01. The molecule has 2 heterocycles. The first-order valence-electron chi connectivity index (χ1n) is 9.34. The molecule has 3 rings (SSSR count). The van der Waals surface area contributed by atoms with E-state index in [1.54, 1.807) is 50.5 Å².